The van der Waals surface area contributed by atoms with Gasteiger partial charge in [-0.05, 0) is 47.7 Å². The van der Waals surface area contributed by atoms with E-state index in [1.807, 2.05) is 38.1 Å². The first-order valence-electron chi connectivity index (χ1n) is 11.3. The lowest BCUT2D eigenvalue weighted by Crippen LogP contribution is -2.48. The van der Waals surface area contributed by atoms with E-state index in [-0.39, 0.29) is 48.0 Å². The Kier molecular flexibility index (Phi) is 8.30. The van der Waals surface area contributed by atoms with Crippen LogP contribution in [0.2, 0.25) is 0 Å². The van der Waals surface area contributed by atoms with Gasteiger partial charge in [0.1, 0.15) is 11.5 Å². The van der Waals surface area contributed by atoms with E-state index in [0.29, 0.717) is 18.8 Å². The first-order chi connectivity index (χ1) is 15.8. The molecule has 1 aliphatic rings. The van der Waals surface area contributed by atoms with Crippen LogP contribution in [0.25, 0.3) is 22.0 Å². The van der Waals surface area contributed by atoms with Crippen molar-refractivity contribution in [3.8, 4) is 11.1 Å². The molecule has 0 unspecified atom stereocenters. The average molecular weight is 488 g/mol. The maximum atomic E-state index is 13.2. The first-order valence-corrected chi connectivity index (χ1v) is 11.3. The van der Waals surface area contributed by atoms with Crippen LogP contribution < -0.4 is 21.7 Å². The summed E-state index contributed by atoms with van der Waals surface area (Å²) in [5, 5.41) is 10.2. The van der Waals surface area contributed by atoms with Crippen molar-refractivity contribution < 1.29 is 14.0 Å². The van der Waals surface area contributed by atoms with E-state index in [2.05, 4.69) is 20.9 Å². The van der Waals surface area contributed by atoms with E-state index in [4.69, 9.17) is 5.73 Å². The summed E-state index contributed by atoms with van der Waals surface area (Å²) < 4.78 is 13.2. The summed E-state index contributed by atoms with van der Waals surface area (Å²) in [6.45, 7) is 4.94. The van der Waals surface area contributed by atoms with E-state index in [0.717, 1.165) is 28.5 Å². The Bertz CT molecular complexity index is 1150. The molecular weight excluding hydrogens is 457 g/mol. The highest BCUT2D eigenvalue weighted by atomic mass is 35.5. The summed E-state index contributed by atoms with van der Waals surface area (Å²) >= 11 is 0. The average Bonchev–Trinajstić information content (AvgIpc) is 3.43. The van der Waals surface area contributed by atoms with Crippen LogP contribution in [0, 0.1) is 11.7 Å². The normalized spacial score (nSPS) is 18.5. The Hall–Kier alpha value is -2.94. The molecule has 0 bridgehead atoms. The molecule has 34 heavy (non-hydrogen) atoms. The van der Waals surface area contributed by atoms with Gasteiger partial charge in [-0.15, -0.1) is 12.4 Å². The molecule has 2 heterocycles. The predicted molar refractivity (Wildman–Crippen MR) is 134 cm³/mol. The number of hydrogen-bond acceptors (Lipinski definition) is 4. The highest BCUT2D eigenvalue weighted by Crippen LogP contribution is 2.25. The quantitative estimate of drug-likeness (QED) is 0.352. The van der Waals surface area contributed by atoms with Crippen LogP contribution in [0.3, 0.4) is 0 Å². The van der Waals surface area contributed by atoms with Gasteiger partial charge in [0.2, 0.25) is 5.91 Å². The molecule has 3 aromatic rings. The maximum absolute atomic E-state index is 13.2. The number of rotatable bonds is 7. The summed E-state index contributed by atoms with van der Waals surface area (Å²) in [4.78, 5) is 28.0. The number of hydrogen-bond donors (Lipinski definition) is 5. The molecule has 1 aromatic heterocycles. The van der Waals surface area contributed by atoms with Crippen LogP contribution in [-0.2, 0) is 4.79 Å². The number of benzene rings is 2. The maximum Gasteiger partial charge on any atom is 0.267 e. The van der Waals surface area contributed by atoms with Gasteiger partial charge in [0.05, 0.1) is 6.04 Å². The molecule has 4 rings (SSSR count). The highest BCUT2D eigenvalue weighted by Gasteiger charge is 2.28. The number of carbonyl (C=O) groups is 2. The van der Waals surface area contributed by atoms with E-state index in [9.17, 15) is 14.0 Å². The number of H-pyrrole nitrogens is 1. The number of fused-ring (bicyclic) bond motifs is 1. The van der Waals surface area contributed by atoms with Gasteiger partial charge in [-0.1, -0.05) is 38.1 Å². The fourth-order valence-corrected chi connectivity index (χ4v) is 4.07. The van der Waals surface area contributed by atoms with Crippen molar-refractivity contribution in [2.75, 3.05) is 13.1 Å². The second-order valence-electron chi connectivity index (χ2n) is 9.02. The van der Waals surface area contributed by atoms with Gasteiger partial charge in [0.15, 0.2) is 0 Å². The molecule has 3 atom stereocenters. The van der Waals surface area contributed by atoms with Gasteiger partial charge in [-0.2, -0.15) is 0 Å². The molecule has 1 aliphatic heterocycles. The lowest BCUT2D eigenvalue weighted by Gasteiger charge is -2.18. The SMILES string of the molecule is CC(C)[C@@H](N)C(=O)N[C@@H]1CN[C@H](CNC(=O)c2cc3ccc(-c4ccc(F)cc4)cc3[nH]2)C1.Cl. The summed E-state index contributed by atoms with van der Waals surface area (Å²) in [6.07, 6.45) is 0.727. The minimum absolute atomic E-state index is 0. The largest absolute Gasteiger partial charge is 0.351 e. The molecule has 0 aliphatic carbocycles. The van der Waals surface area contributed by atoms with E-state index in [1.165, 1.54) is 12.1 Å². The molecule has 0 saturated carbocycles. The molecule has 182 valence electrons. The van der Waals surface area contributed by atoms with Crippen molar-refractivity contribution in [3.63, 3.8) is 0 Å². The number of carbonyl (C=O) groups excluding carboxylic acids is 2. The monoisotopic (exact) mass is 487 g/mol. The Labute approximate surface area is 204 Å². The second kappa shape index (κ2) is 11.0. The zero-order chi connectivity index (χ0) is 23.5. The number of nitrogens with two attached hydrogens (primary N) is 1. The van der Waals surface area contributed by atoms with Crippen molar-refractivity contribution in [1.82, 2.24) is 20.9 Å². The lowest BCUT2D eigenvalue weighted by atomic mass is 10.0. The van der Waals surface area contributed by atoms with Crippen molar-refractivity contribution >= 4 is 35.1 Å². The van der Waals surface area contributed by atoms with Crippen molar-refractivity contribution in [2.45, 2.75) is 38.4 Å². The van der Waals surface area contributed by atoms with Crippen molar-refractivity contribution in [1.29, 1.82) is 0 Å². The van der Waals surface area contributed by atoms with Crippen LogP contribution in [0.15, 0.2) is 48.5 Å². The molecule has 0 spiro atoms. The van der Waals surface area contributed by atoms with Crippen molar-refractivity contribution in [2.24, 2.45) is 11.7 Å². The van der Waals surface area contributed by atoms with E-state index in [1.54, 1.807) is 12.1 Å². The van der Waals surface area contributed by atoms with Crippen LogP contribution in [-0.4, -0.2) is 48.0 Å². The minimum Gasteiger partial charge on any atom is -0.351 e. The van der Waals surface area contributed by atoms with E-state index >= 15 is 0 Å². The second-order valence-corrected chi connectivity index (χ2v) is 9.02. The molecule has 1 fully saturated rings. The van der Waals surface area contributed by atoms with Crippen molar-refractivity contribution in [3.05, 3.63) is 60.0 Å². The summed E-state index contributed by atoms with van der Waals surface area (Å²) in [5.41, 5.74) is 9.07. The number of aromatic amines is 1. The zero-order valence-corrected chi connectivity index (χ0v) is 20.0. The van der Waals surface area contributed by atoms with Gasteiger partial charge >= 0.3 is 0 Å². The minimum atomic E-state index is -0.519. The molecule has 7 nitrogen and oxygen atoms in total. The molecule has 2 aromatic carbocycles. The standard InChI is InChI=1S/C25H30FN5O2.ClH/c1-14(2)23(27)25(33)30-20-11-19(28-13-20)12-29-24(32)22-10-17-4-3-16(9-21(17)31-22)15-5-7-18(26)8-6-15;/h3-10,14,19-20,23,28,31H,11-13,27H2,1-2H3,(H,29,32)(H,30,33);1H/t19-,20-,23+;/m0./s1. The van der Waals surface area contributed by atoms with Gasteiger partial charge in [0.25, 0.3) is 5.91 Å². The van der Waals surface area contributed by atoms with Crippen LogP contribution >= 0.6 is 12.4 Å². The number of nitrogens with one attached hydrogen (secondary N) is 4. The molecular formula is C25H31ClFN5O2. The highest BCUT2D eigenvalue weighted by molar-refractivity contribution is 5.98. The number of amides is 2. The Morgan fingerprint density at radius 1 is 1.12 bits per heavy atom. The number of halogens is 2. The Morgan fingerprint density at radius 3 is 2.53 bits per heavy atom. The van der Waals surface area contributed by atoms with Gasteiger partial charge < -0.3 is 26.7 Å². The summed E-state index contributed by atoms with van der Waals surface area (Å²) in [6, 6.07) is 13.5. The van der Waals surface area contributed by atoms with Crippen LogP contribution in [0.4, 0.5) is 4.39 Å². The molecule has 0 radical (unpaired) electrons. The molecule has 9 heteroatoms. The predicted octanol–water partition coefficient (Wildman–Crippen LogP) is 2.96. The summed E-state index contributed by atoms with van der Waals surface area (Å²) in [5.74, 6) is -0.522. The van der Waals surface area contributed by atoms with Crippen LogP contribution in [0.5, 0.6) is 0 Å². The smallest absolute Gasteiger partial charge is 0.267 e. The summed E-state index contributed by atoms with van der Waals surface area (Å²) in [7, 11) is 0. The fourth-order valence-electron chi connectivity index (χ4n) is 4.07. The third kappa shape index (κ3) is 5.94. The molecule has 2 amide bonds. The Morgan fingerprint density at radius 2 is 1.82 bits per heavy atom. The molecule has 1 saturated heterocycles. The third-order valence-electron chi connectivity index (χ3n) is 6.14. The number of aromatic nitrogens is 1. The first kappa shape index (κ1) is 25.7. The fraction of sp³-hybridized carbons (Fsp3) is 0.360. The van der Waals surface area contributed by atoms with Gasteiger partial charge in [-0.3, -0.25) is 9.59 Å². The van der Waals surface area contributed by atoms with Gasteiger partial charge in [0, 0.05) is 36.1 Å². The van der Waals surface area contributed by atoms with Gasteiger partial charge in [-0.25, -0.2) is 4.39 Å². The third-order valence-corrected chi connectivity index (χ3v) is 6.14. The lowest BCUT2D eigenvalue weighted by molar-refractivity contribution is -0.123. The van der Waals surface area contributed by atoms with E-state index < -0.39 is 6.04 Å². The molecule has 6 N–H and O–H groups in total. The Balaban J connectivity index is 0.00000324. The van der Waals surface area contributed by atoms with Crippen LogP contribution in [0.1, 0.15) is 30.8 Å². The topological polar surface area (TPSA) is 112 Å². The zero-order valence-electron chi connectivity index (χ0n) is 19.2.